The van der Waals surface area contributed by atoms with E-state index in [9.17, 15) is 0 Å². The molecule has 0 spiro atoms. The maximum absolute atomic E-state index is 2.39. The summed E-state index contributed by atoms with van der Waals surface area (Å²) in [7, 11) is 0. The predicted molar refractivity (Wildman–Crippen MR) is 211 cm³/mol. The van der Waals surface area contributed by atoms with Gasteiger partial charge in [-0.05, 0) is 109 Å². The first-order chi connectivity index (χ1) is 24.1. The third-order valence-corrected chi connectivity index (χ3v) is 11.6. The SMILES string of the molecule is CC1(C)c2ccccc2-c2ccc(-c3c4ccccc4c(-c4ccc5ccc6cccc7ccc4c5c67)c4ccccc34)c3cccc1c23. The minimum absolute atomic E-state index is 0.0925. The van der Waals surface area contributed by atoms with Crippen LogP contribution >= 0.6 is 0 Å². The predicted octanol–water partition coefficient (Wildman–Crippen LogP) is 13.7. The van der Waals surface area contributed by atoms with Crippen molar-refractivity contribution in [3.63, 3.8) is 0 Å². The highest BCUT2D eigenvalue weighted by Crippen LogP contribution is 2.53. The maximum atomic E-state index is 2.39. The number of fused-ring (bicyclic) bond motifs is 4. The summed E-state index contributed by atoms with van der Waals surface area (Å²) < 4.78 is 0. The Kier molecular flexibility index (Phi) is 5.27. The first-order valence-electron chi connectivity index (χ1n) is 17.4. The van der Waals surface area contributed by atoms with Crippen molar-refractivity contribution in [2.45, 2.75) is 19.3 Å². The van der Waals surface area contributed by atoms with E-state index in [1.807, 2.05) is 0 Å². The molecule has 0 radical (unpaired) electrons. The normalized spacial score (nSPS) is 13.7. The lowest BCUT2D eigenvalue weighted by Gasteiger charge is -2.35. The molecule has 0 nitrogen and oxygen atoms in total. The van der Waals surface area contributed by atoms with Crippen LogP contribution in [0.4, 0.5) is 0 Å². The van der Waals surface area contributed by atoms with Crippen molar-refractivity contribution < 1.29 is 0 Å². The van der Waals surface area contributed by atoms with Crippen molar-refractivity contribution >= 4 is 64.6 Å². The highest BCUT2D eigenvalue weighted by atomic mass is 14.4. The van der Waals surface area contributed by atoms with Crippen LogP contribution in [-0.2, 0) is 5.41 Å². The number of benzene rings is 10. The fourth-order valence-corrected chi connectivity index (χ4v) is 9.44. The Morgan fingerprint density at radius 2 is 0.735 bits per heavy atom. The molecule has 0 N–H and O–H groups in total. The highest BCUT2D eigenvalue weighted by molar-refractivity contribution is 6.30. The van der Waals surface area contributed by atoms with Crippen LogP contribution in [-0.4, -0.2) is 0 Å². The minimum atomic E-state index is -0.0925. The van der Waals surface area contributed by atoms with Gasteiger partial charge in [-0.25, -0.2) is 0 Å². The summed E-state index contributed by atoms with van der Waals surface area (Å²) in [5, 5.41) is 15.8. The first kappa shape index (κ1) is 27.0. The topological polar surface area (TPSA) is 0 Å². The van der Waals surface area contributed by atoms with Crippen LogP contribution in [0.2, 0.25) is 0 Å². The second-order valence-corrected chi connectivity index (χ2v) is 14.4. The molecule has 49 heavy (non-hydrogen) atoms. The van der Waals surface area contributed by atoms with Crippen molar-refractivity contribution in [3.8, 4) is 33.4 Å². The molecule has 0 atom stereocenters. The van der Waals surface area contributed by atoms with E-state index in [0.29, 0.717) is 0 Å². The Bertz CT molecular complexity index is 2940. The fraction of sp³-hybridized carbons (Fsp3) is 0.0612. The molecule has 0 aliphatic heterocycles. The Hall–Kier alpha value is -5.98. The van der Waals surface area contributed by atoms with Crippen LogP contribution in [0.3, 0.4) is 0 Å². The van der Waals surface area contributed by atoms with Crippen LogP contribution in [0, 0.1) is 0 Å². The molecule has 0 saturated heterocycles. The highest BCUT2D eigenvalue weighted by Gasteiger charge is 2.34. The molecule has 1 aliphatic rings. The second kappa shape index (κ2) is 9.56. The lowest BCUT2D eigenvalue weighted by molar-refractivity contribution is 0.645. The van der Waals surface area contributed by atoms with Gasteiger partial charge in [-0.3, -0.25) is 0 Å². The summed E-state index contributed by atoms with van der Waals surface area (Å²) >= 11 is 0. The van der Waals surface area contributed by atoms with Crippen LogP contribution < -0.4 is 0 Å². The third-order valence-electron chi connectivity index (χ3n) is 11.6. The smallest absolute Gasteiger partial charge is 0.0159 e. The van der Waals surface area contributed by atoms with E-state index in [1.54, 1.807) is 0 Å². The van der Waals surface area contributed by atoms with Crippen LogP contribution in [0.15, 0.2) is 158 Å². The van der Waals surface area contributed by atoms with Crippen molar-refractivity contribution in [1.82, 2.24) is 0 Å². The molecule has 0 saturated carbocycles. The molecule has 10 aromatic carbocycles. The van der Waals surface area contributed by atoms with Crippen LogP contribution in [0.1, 0.15) is 25.0 Å². The molecule has 0 amide bonds. The zero-order valence-corrected chi connectivity index (χ0v) is 27.5. The van der Waals surface area contributed by atoms with Gasteiger partial charge in [-0.15, -0.1) is 0 Å². The van der Waals surface area contributed by atoms with Gasteiger partial charge in [-0.1, -0.05) is 172 Å². The Morgan fingerprint density at radius 3 is 1.41 bits per heavy atom. The third kappa shape index (κ3) is 3.48. The summed E-state index contributed by atoms with van der Waals surface area (Å²) in [4.78, 5) is 0. The molecular formula is C49H32. The van der Waals surface area contributed by atoms with E-state index < -0.39 is 0 Å². The maximum Gasteiger partial charge on any atom is 0.0159 e. The minimum Gasteiger partial charge on any atom is -0.0619 e. The van der Waals surface area contributed by atoms with E-state index in [4.69, 9.17) is 0 Å². The van der Waals surface area contributed by atoms with E-state index >= 15 is 0 Å². The van der Waals surface area contributed by atoms with E-state index in [0.717, 1.165) is 0 Å². The van der Waals surface area contributed by atoms with Crippen molar-refractivity contribution in [2.24, 2.45) is 0 Å². The summed E-state index contributed by atoms with van der Waals surface area (Å²) in [5.74, 6) is 0. The lowest BCUT2D eigenvalue weighted by atomic mass is 9.68. The molecular weight excluding hydrogens is 589 g/mol. The summed E-state index contributed by atoms with van der Waals surface area (Å²) in [5.41, 5.74) is 10.6. The Labute approximate surface area is 285 Å². The molecule has 0 aromatic heterocycles. The van der Waals surface area contributed by atoms with E-state index in [2.05, 4.69) is 172 Å². The van der Waals surface area contributed by atoms with E-state index in [-0.39, 0.29) is 5.41 Å². The summed E-state index contributed by atoms with van der Waals surface area (Å²) in [6.07, 6.45) is 0. The lowest BCUT2D eigenvalue weighted by Crippen LogP contribution is -2.23. The molecule has 0 bridgehead atoms. The quantitative estimate of drug-likeness (QED) is 0.133. The van der Waals surface area contributed by atoms with Gasteiger partial charge >= 0.3 is 0 Å². The first-order valence-corrected chi connectivity index (χ1v) is 17.4. The van der Waals surface area contributed by atoms with E-state index in [1.165, 1.54) is 109 Å². The molecule has 11 rings (SSSR count). The van der Waals surface area contributed by atoms with Gasteiger partial charge in [0.15, 0.2) is 0 Å². The van der Waals surface area contributed by atoms with Crippen molar-refractivity contribution in [2.75, 3.05) is 0 Å². The van der Waals surface area contributed by atoms with Gasteiger partial charge in [0.05, 0.1) is 0 Å². The van der Waals surface area contributed by atoms with Crippen LogP contribution in [0.5, 0.6) is 0 Å². The molecule has 0 heterocycles. The number of rotatable bonds is 2. The van der Waals surface area contributed by atoms with Gasteiger partial charge < -0.3 is 0 Å². The molecule has 10 aromatic rings. The Balaban J connectivity index is 1.27. The van der Waals surface area contributed by atoms with Gasteiger partial charge in [0.25, 0.3) is 0 Å². The average Bonchev–Trinajstić information content (AvgIpc) is 3.15. The van der Waals surface area contributed by atoms with Crippen molar-refractivity contribution in [3.05, 3.63) is 169 Å². The molecule has 0 fully saturated rings. The Morgan fingerprint density at radius 1 is 0.286 bits per heavy atom. The van der Waals surface area contributed by atoms with Gasteiger partial charge in [0, 0.05) is 5.41 Å². The summed E-state index contributed by atoms with van der Waals surface area (Å²) in [6, 6.07) is 59.4. The van der Waals surface area contributed by atoms with Gasteiger partial charge in [-0.2, -0.15) is 0 Å². The zero-order valence-electron chi connectivity index (χ0n) is 27.5. The molecule has 1 aliphatic carbocycles. The van der Waals surface area contributed by atoms with Crippen molar-refractivity contribution in [1.29, 1.82) is 0 Å². The number of hydrogen-bond acceptors (Lipinski definition) is 0. The molecule has 228 valence electrons. The largest absolute Gasteiger partial charge is 0.0619 e. The fourth-order valence-electron chi connectivity index (χ4n) is 9.44. The van der Waals surface area contributed by atoms with Crippen LogP contribution in [0.25, 0.3) is 98.0 Å². The summed E-state index contributed by atoms with van der Waals surface area (Å²) in [6.45, 7) is 4.76. The average molecular weight is 621 g/mol. The molecule has 0 unspecified atom stereocenters. The molecule has 0 heteroatoms. The second-order valence-electron chi connectivity index (χ2n) is 14.4. The monoisotopic (exact) mass is 620 g/mol. The zero-order chi connectivity index (χ0) is 32.4. The standard InChI is InChI=1S/C49H32/c1-49(2)42-19-8-7-13-32(42)38-27-28-41(37-18-10-20-43(49)48(37)38)47-35-16-5-3-14-33(35)46(34-15-4-6-17-36(34)47)40-26-24-31-22-21-29-11-9-12-30-23-25-39(40)45(31)44(29)30/h3-28H,1-2H3. The van der Waals surface area contributed by atoms with Gasteiger partial charge in [0.1, 0.15) is 0 Å². The number of hydrogen-bond donors (Lipinski definition) is 0. The van der Waals surface area contributed by atoms with Gasteiger partial charge in [0.2, 0.25) is 0 Å².